The number of benzene rings is 1. The van der Waals surface area contributed by atoms with E-state index >= 15 is 0 Å². The molecule has 10 N–H and O–H groups in total. The van der Waals surface area contributed by atoms with Crippen LogP contribution in [0.4, 0.5) is 47.1 Å². The topological polar surface area (TPSA) is 345 Å². The normalized spacial score (nSPS) is 12.5. The molecule has 3 aromatic rings. The second-order valence-electron chi connectivity index (χ2n) is 9.25. The second-order valence-corrected chi connectivity index (χ2v) is 12.3. The van der Waals surface area contributed by atoms with Crippen molar-refractivity contribution in [3.63, 3.8) is 0 Å². The minimum atomic E-state index is -4.49. The van der Waals surface area contributed by atoms with Crippen molar-refractivity contribution < 1.29 is 84.1 Å². The number of aliphatic hydroxyl groups is 4. The number of anilines is 8. The molecule has 2 unspecified atom stereocenters. The summed E-state index contributed by atoms with van der Waals surface area (Å²) in [5.41, 5.74) is 0.951. The molecule has 0 amide bonds. The molecule has 22 nitrogen and oxygen atoms in total. The van der Waals surface area contributed by atoms with E-state index < -0.39 is 57.2 Å². The molecule has 0 spiro atoms. The largest absolute Gasteiger partial charge is 1.00 e. The van der Waals surface area contributed by atoms with E-state index in [1.807, 2.05) is 0 Å². The predicted molar refractivity (Wildman–Crippen MR) is 162 cm³/mol. The molecular weight excluding hydrogens is 670 g/mol. The fraction of sp³-hybridized carbons (Fsp3) is 0.455. The average Bonchev–Trinajstić information content (AvgIpc) is 2.98. The Labute approximate surface area is 299 Å². The minimum absolute atomic E-state index is 0. The molecule has 0 aliphatic rings. The van der Waals surface area contributed by atoms with Crippen molar-refractivity contribution in [1.29, 1.82) is 0 Å². The number of aromatic nitrogens is 6. The number of hydrogen-bond donors (Lipinski definition) is 10. The first-order chi connectivity index (χ1) is 21.7. The third-order valence-corrected chi connectivity index (χ3v) is 6.76. The van der Waals surface area contributed by atoms with Crippen LogP contribution in [-0.4, -0.2) is 139 Å². The van der Waals surface area contributed by atoms with Crippen LogP contribution in [0, 0.1) is 0 Å². The van der Waals surface area contributed by atoms with Gasteiger partial charge in [-0.05, 0) is 24.3 Å². The van der Waals surface area contributed by atoms with Crippen molar-refractivity contribution in [2.75, 3.05) is 82.8 Å². The molecule has 0 saturated carbocycles. The van der Waals surface area contributed by atoms with Gasteiger partial charge >= 0.3 is 37.7 Å². The maximum Gasteiger partial charge on any atom is 1.00 e. The van der Waals surface area contributed by atoms with Gasteiger partial charge in [0.2, 0.25) is 35.7 Å². The first-order valence-corrected chi connectivity index (χ1v) is 16.4. The molecule has 0 fully saturated rings. The number of nitrogens with one attached hydrogen (secondary N) is 6. The summed E-state index contributed by atoms with van der Waals surface area (Å²) in [5.74, 6) is -1.66. The minimum Gasteiger partial charge on any atom is -0.748 e. The Morgan fingerprint density at radius 1 is 0.562 bits per heavy atom. The van der Waals surface area contributed by atoms with Crippen LogP contribution in [0.15, 0.2) is 24.3 Å². The Kier molecular flexibility index (Phi) is 18.3. The average molecular weight is 703 g/mol. The monoisotopic (exact) mass is 702 g/mol. The third kappa shape index (κ3) is 16.8. The molecule has 2 atom stereocenters. The molecule has 0 aliphatic carbocycles. The zero-order valence-electron chi connectivity index (χ0n) is 25.9. The van der Waals surface area contributed by atoms with Crippen LogP contribution in [0.5, 0.6) is 0 Å². The number of aliphatic hydroxyl groups excluding tert-OH is 4. The van der Waals surface area contributed by atoms with E-state index in [0.29, 0.717) is 11.4 Å². The Morgan fingerprint density at radius 3 is 1.15 bits per heavy atom. The first kappa shape index (κ1) is 42.9. The molecule has 3 rings (SSSR count). The smallest absolute Gasteiger partial charge is 0.748 e. The van der Waals surface area contributed by atoms with E-state index in [-0.39, 0.29) is 99.6 Å². The van der Waals surface area contributed by atoms with E-state index in [4.69, 9.17) is 10.2 Å². The molecule has 0 bridgehead atoms. The SMILES string of the molecule is O=S(=O)([O-])CCNc1nc(NCC(O)CO)nc(Nc2ccc(Nc3nc(NCCS(=O)(=O)[O-])nc(NCC(O)CO)n3)cc2)n1.[Li+].[Li+]. The van der Waals surface area contributed by atoms with E-state index in [9.17, 15) is 36.2 Å². The van der Waals surface area contributed by atoms with Crippen molar-refractivity contribution >= 4 is 67.3 Å². The summed E-state index contributed by atoms with van der Waals surface area (Å²) in [6, 6.07) is 6.45. The predicted octanol–water partition coefficient (Wildman–Crippen LogP) is -9.00. The Hall–Kier alpha value is -3.11. The van der Waals surface area contributed by atoms with Gasteiger partial charge in [0.05, 0.1) is 57.2 Å². The first-order valence-electron chi connectivity index (χ1n) is 13.3. The van der Waals surface area contributed by atoms with Gasteiger partial charge in [-0.2, -0.15) is 29.9 Å². The van der Waals surface area contributed by atoms with Gasteiger partial charge in [-0.15, -0.1) is 0 Å². The maximum absolute atomic E-state index is 10.9. The molecular formula is C22H32Li2N12O10S2. The van der Waals surface area contributed by atoms with Crippen LogP contribution >= 0.6 is 0 Å². The van der Waals surface area contributed by atoms with E-state index in [2.05, 4.69) is 61.8 Å². The molecule has 254 valence electrons. The van der Waals surface area contributed by atoms with Crippen molar-refractivity contribution in [3.05, 3.63) is 24.3 Å². The van der Waals surface area contributed by atoms with Crippen LogP contribution in [0.3, 0.4) is 0 Å². The quantitative estimate of drug-likeness (QED) is 0.0386. The van der Waals surface area contributed by atoms with Crippen molar-refractivity contribution in [2.24, 2.45) is 0 Å². The summed E-state index contributed by atoms with van der Waals surface area (Å²) in [5, 5.41) is 53.8. The van der Waals surface area contributed by atoms with E-state index in [1.54, 1.807) is 24.3 Å². The molecule has 48 heavy (non-hydrogen) atoms. The van der Waals surface area contributed by atoms with Gasteiger partial charge < -0.3 is 61.4 Å². The number of rotatable bonds is 20. The van der Waals surface area contributed by atoms with Gasteiger partial charge in [-0.1, -0.05) is 0 Å². The molecule has 0 saturated heterocycles. The van der Waals surface area contributed by atoms with Gasteiger partial charge in [0.1, 0.15) is 0 Å². The Balaban J connectivity index is 0.00000576. The van der Waals surface area contributed by atoms with E-state index in [0.717, 1.165) is 0 Å². The van der Waals surface area contributed by atoms with Crippen LogP contribution in [0.25, 0.3) is 0 Å². The van der Waals surface area contributed by atoms with Crippen molar-refractivity contribution in [2.45, 2.75) is 12.2 Å². The fourth-order valence-electron chi connectivity index (χ4n) is 3.20. The molecule has 0 aliphatic heterocycles. The van der Waals surface area contributed by atoms with Gasteiger partial charge in [0.15, 0.2) is 0 Å². The zero-order valence-corrected chi connectivity index (χ0v) is 27.5. The summed E-state index contributed by atoms with van der Waals surface area (Å²) in [7, 11) is -8.98. The van der Waals surface area contributed by atoms with E-state index in [1.165, 1.54) is 0 Å². The van der Waals surface area contributed by atoms with Crippen LogP contribution in [0.1, 0.15) is 0 Å². The van der Waals surface area contributed by atoms with Crippen LogP contribution < -0.4 is 69.6 Å². The van der Waals surface area contributed by atoms with Crippen LogP contribution in [0.2, 0.25) is 0 Å². The summed E-state index contributed by atoms with van der Waals surface area (Å²) in [4.78, 5) is 24.7. The second kappa shape index (κ2) is 20.4. The Bertz CT molecular complexity index is 1530. The van der Waals surface area contributed by atoms with Crippen molar-refractivity contribution in [1.82, 2.24) is 29.9 Å². The van der Waals surface area contributed by atoms with Gasteiger partial charge in [0.25, 0.3) is 0 Å². The number of nitrogens with zero attached hydrogens (tertiary/aromatic N) is 6. The summed E-state index contributed by atoms with van der Waals surface area (Å²) >= 11 is 0. The maximum atomic E-state index is 10.9. The number of hydrogen-bond acceptors (Lipinski definition) is 22. The fourth-order valence-corrected chi connectivity index (χ4v) is 3.90. The molecule has 1 aromatic carbocycles. The van der Waals surface area contributed by atoms with Crippen LogP contribution in [-0.2, 0) is 20.2 Å². The third-order valence-electron chi connectivity index (χ3n) is 5.35. The van der Waals surface area contributed by atoms with Gasteiger partial charge in [-0.25, -0.2) is 16.8 Å². The molecule has 2 heterocycles. The zero-order chi connectivity index (χ0) is 33.7. The molecule has 26 heteroatoms. The molecule has 0 radical (unpaired) electrons. The van der Waals surface area contributed by atoms with Gasteiger partial charge in [-0.3, -0.25) is 0 Å². The summed E-state index contributed by atoms with van der Waals surface area (Å²) in [6.45, 7) is -1.82. The van der Waals surface area contributed by atoms with Crippen molar-refractivity contribution in [3.8, 4) is 0 Å². The summed E-state index contributed by atoms with van der Waals surface area (Å²) < 4.78 is 65.6. The van der Waals surface area contributed by atoms with Gasteiger partial charge in [0, 0.05) is 37.6 Å². The summed E-state index contributed by atoms with van der Waals surface area (Å²) in [6.07, 6.45) is -2.22. The Morgan fingerprint density at radius 2 is 0.854 bits per heavy atom. The molecule has 2 aromatic heterocycles. The standard InChI is InChI=1S/C22H34N12O10S2.2Li/c35-11-15(37)9-25-19-29-17(23-5-7-45(39,40)41)31-21(33-19)27-13-1-2-14(4-3-13)28-22-32-18(24-6-8-46(42,43)44)30-20(34-22)26-10-16(38)12-36;;/h1-4,15-16,35-38H,5-12H2,(H,39,40,41)(H,42,43,44)(H3,23,25,27,29,31,33)(H3,24,26,28,30,32,34);;/q;2*+1/p-2.